The van der Waals surface area contributed by atoms with Crippen LogP contribution in [-0.2, 0) is 16.0 Å². The Morgan fingerprint density at radius 3 is 2.33 bits per heavy atom. The van der Waals surface area contributed by atoms with Gasteiger partial charge in [0.05, 0.1) is 17.8 Å². The van der Waals surface area contributed by atoms with E-state index in [1.807, 2.05) is 98.1 Å². The van der Waals surface area contributed by atoms with Crippen LogP contribution < -0.4 is 5.32 Å². The van der Waals surface area contributed by atoms with Crippen LogP contribution in [-0.4, -0.2) is 39.1 Å². The Morgan fingerprint density at radius 2 is 1.70 bits per heavy atom. The smallest absolute Gasteiger partial charge is 0.245 e. The SMILES string of the molecule is CC(C)N(CC(=O)Nc1cc(-c2ccccc2)nn1-c1ccccc1)C(=O)Cc1cccs1. The molecule has 2 heterocycles. The van der Waals surface area contributed by atoms with Gasteiger partial charge in [-0.1, -0.05) is 54.6 Å². The predicted octanol–water partition coefficient (Wildman–Crippen LogP) is 5.02. The maximum Gasteiger partial charge on any atom is 0.245 e. The van der Waals surface area contributed by atoms with Crippen molar-refractivity contribution in [1.29, 1.82) is 0 Å². The lowest BCUT2D eigenvalue weighted by atomic mass is 10.1. The number of nitrogens with zero attached hydrogens (tertiary/aromatic N) is 3. The number of benzene rings is 2. The van der Waals surface area contributed by atoms with Gasteiger partial charge in [0.25, 0.3) is 0 Å². The number of carbonyl (C=O) groups is 2. The highest BCUT2D eigenvalue weighted by Crippen LogP contribution is 2.25. The van der Waals surface area contributed by atoms with Crippen LogP contribution in [0.5, 0.6) is 0 Å². The average molecular weight is 459 g/mol. The van der Waals surface area contributed by atoms with Gasteiger partial charge >= 0.3 is 0 Å². The van der Waals surface area contributed by atoms with E-state index in [1.54, 1.807) is 20.9 Å². The summed E-state index contributed by atoms with van der Waals surface area (Å²) in [7, 11) is 0. The van der Waals surface area contributed by atoms with Gasteiger partial charge in [0.15, 0.2) is 0 Å². The molecule has 0 saturated heterocycles. The predicted molar refractivity (Wildman–Crippen MR) is 133 cm³/mol. The molecule has 2 aromatic heterocycles. The van der Waals surface area contributed by atoms with E-state index in [0.29, 0.717) is 12.2 Å². The summed E-state index contributed by atoms with van der Waals surface area (Å²) in [6, 6.07) is 25.1. The fourth-order valence-corrected chi connectivity index (χ4v) is 4.24. The van der Waals surface area contributed by atoms with Gasteiger partial charge in [-0.05, 0) is 37.4 Å². The van der Waals surface area contributed by atoms with Crippen LogP contribution in [0.25, 0.3) is 16.9 Å². The maximum absolute atomic E-state index is 13.0. The molecule has 0 saturated carbocycles. The molecule has 4 aromatic rings. The van der Waals surface area contributed by atoms with Crippen molar-refractivity contribution in [2.24, 2.45) is 0 Å². The molecule has 0 aliphatic heterocycles. The Kier molecular flexibility index (Phi) is 7.00. The molecule has 2 aromatic carbocycles. The summed E-state index contributed by atoms with van der Waals surface area (Å²) >= 11 is 1.54. The maximum atomic E-state index is 13.0. The Bertz CT molecular complexity index is 1200. The first-order valence-corrected chi connectivity index (χ1v) is 11.7. The topological polar surface area (TPSA) is 67.2 Å². The molecule has 2 amide bonds. The van der Waals surface area contributed by atoms with Crippen molar-refractivity contribution in [1.82, 2.24) is 14.7 Å². The third-order valence-electron chi connectivity index (χ3n) is 5.21. The van der Waals surface area contributed by atoms with E-state index in [9.17, 15) is 9.59 Å². The number of amides is 2. The Hall–Kier alpha value is -3.71. The van der Waals surface area contributed by atoms with Crippen LogP contribution in [0.15, 0.2) is 84.2 Å². The number of thiophene rings is 1. The van der Waals surface area contributed by atoms with E-state index in [4.69, 9.17) is 5.10 Å². The fourth-order valence-electron chi connectivity index (χ4n) is 3.55. The van der Waals surface area contributed by atoms with Crippen molar-refractivity contribution < 1.29 is 9.59 Å². The quantitative estimate of drug-likeness (QED) is 0.403. The minimum atomic E-state index is -0.264. The van der Waals surface area contributed by atoms with Gasteiger partial charge in [-0.2, -0.15) is 5.10 Å². The molecular formula is C26H26N4O2S. The van der Waals surface area contributed by atoms with Gasteiger partial charge in [0.1, 0.15) is 12.4 Å². The highest BCUT2D eigenvalue weighted by molar-refractivity contribution is 7.10. The molecule has 0 bridgehead atoms. The lowest BCUT2D eigenvalue weighted by molar-refractivity contribution is -0.135. The lowest BCUT2D eigenvalue weighted by Crippen LogP contribution is -2.43. The van der Waals surface area contributed by atoms with Gasteiger partial charge in [0, 0.05) is 22.5 Å². The molecule has 6 nitrogen and oxygen atoms in total. The van der Waals surface area contributed by atoms with Crippen LogP contribution in [0.1, 0.15) is 18.7 Å². The summed E-state index contributed by atoms with van der Waals surface area (Å²) in [6.07, 6.45) is 0.295. The Morgan fingerprint density at radius 1 is 1.00 bits per heavy atom. The minimum absolute atomic E-state index is 0.0253. The summed E-state index contributed by atoms with van der Waals surface area (Å²) in [6.45, 7) is 3.81. The number of nitrogens with one attached hydrogen (secondary N) is 1. The third kappa shape index (κ3) is 5.56. The normalized spacial score (nSPS) is 10.9. The number of hydrogen-bond acceptors (Lipinski definition) is 4. The van der Waals surface area contributed by atoms with Crippen molar-refractivity contribution in [3.8, 4) is 16.9 Å². The lowest BCUT2D eigenvalue weighted by Gasteiger charge is -2.26. The molecule has 168 valence electrons. The van der Waals surface area contributed by atoms with E-state index >= 15 is 0 Å². The molecule has 4 rings (SSSR count). The third-order valence-corrected chi connectivity index (χ3v) is 6.09. The molecule has 0 spiro atoms. The number of carbonyl (C=O) groups excluding carboxylic acids is 2. The van der Waals surface area contributed by atoms with Crippen LogP contribution in [0.4, 0.5) is 5.82 Å². The van der Waals surface area contributed by atoms with Crippen molar-refractivity contribution >= 4 is 29.0 Å². The highest BCUT2D eigenvalue weighted by atomic mass is 32.1. The van der Waals surface area contributed by atoms with Crippen LogP contribution in [0.3, 0.4) is 0 Å². The van der Waals surface area contributed by atoms with Crippen LogP contribution in [0.2, 0.25) is 0 Å². The summed E-state index contributed by atoms with van der Waals surface area (Å²) in [5, 5.41) is 9.64. The van der Waals surface area contributed by atoms with Gasteiger partial charge in [0.2, 0.25) is 11.8 Å². The zero-order valence-electron chi connectivity index (χ0n) is 18.6. The van der Waals surface area contributed by atoms with E-state index in [2.05, 4.69) is 5.32 Å². The molecule has 0 radical (unpaired) electrons. The monoisotopic (exact) mass is 458 g/mol. The number of hydrogen-bond donors (Lipinski definition) is 1. The molecule has 0 aliphatic carbocycles. The van der Waals surface area contributed by atoms with Crippen molar-refractivity contribution in [3.05, 3.63) is 89.1 Å². The van der Waals surface area contributed by atoms with Crippen LogP contribution in [0, 0.1) is 0 Å². The first kappa shape index (κ1) is 22.5. The number of para-hydroxylation sites is 1. The summed E-state index contributed by atoms with van der Waals surface area (Å²) in [5.41, 5.74) is 2.55. The fraction of sp³-hybridized carbons (Fsp3) is 0.192. The second kappa shape index (κ2) is 10.3. The molecule has 7 heteroatoms. The zero-order chi connectivity index (χ0) is 23.2. The molecular weight excluding hydrogens is 432 g/mol. The molecule has 1 N–H and O–H groups in total. The standard InChI is InChI=1S/C26H26N4O2S/c1-19(2)29(26(32)16-22-14-9-15-33-22)18-25(31)27-24-17-23(20-10-5-3-6-11-20)28-30(24)21-12-7-4-8-13-21/h3-15,17,19H,16,18H2,1-2H3,(H,27,31). The Labute approximate surface area is 197 Å². The van der Waals surface area contributed by atoms with Crippen molar-refractivity contribution in [2.75, 3.05) is 11.9 Å². The zero-order valence-corrected chi connectivity index (χ0v) is 19.5. The first-order valence-electron chi connectivity index (χ1n) is 10.8. The molecule has 0 unspecified atom stereocenters. The molecule has 0 atom stereocenters. The largest absolute Gasteiger partial charge is 0.331 e. The molecule has 33 heavy (non-hydrogen) atoms. The van der Waals surface area contributed by atoms with Crippen LogP contribution >= 0.6 is 11.3 Å². The van der Waals surface area contributed by atoms with Gasteiger partial charge in [-0.3, -0.25) is 9.59 Å². The van der Waals surface area contributed by atoms with Crippen molar-refractivity contribution in [2.45, 2.75) is 26.3 Å². The summed E-state index contributed by atoms with van der Waals surface area (Å²) < 4.78 is 1.72. The first-order chi connectivity index (χ1) is 16.0. The molecule has 0 aliphatic rings. The second-order valence-corrected chi connectivity index (χ2v) is 8.98. The summed E-state index contributed by atoms with van der Waals surface area (Å²) in [4.78, 5) is 28.5. The average Bonchev–Trinajstić information content (AvgIpc) is 3.48. The summed E-state index contributed by atoms with van der Waals surface area (Å²) in [5.74, 6) is 0.225. The van der Waals surface area contributed by atoms with E-state index < -0.39 is 0 Å². The number of aromatic nitrogens is 2. The second-order valence-electron chi connectivity index (χ2n) is 7.95. The van der Waals surface area contributed by atoms with E-state index in [1.165, 1.54) is 0 Å². The Balaban J connectivity index is 1.56. The van der Waals surface area contributed by atoms with Gasteiger partial charge in [-0.25, -0.2) is 4.68 Å². The number of anilines is 1. The van der Waals surface area contributed by atoms with E-state index in [0.717, 1.165) is 21.8 Å². The van der Waals surface area contributed by atoms with Gasteiger partial charge < -0.3 is 10.2 Å². The highest BCUT2D eigenvalue weighted by Gasteiger charge is 2.22. The van der Waals surface area contributed by atoms with Gasteiger partial charge in [-0.15, -0.1) is 11.3 Å². The van der Waals surface area contributed by atoms with E-state index in [-0.39, 0.29) is 24.4 Å². The molecule has 0 fully saturated rings. The number of rotatable bonds is 8. The minimum Gasteiger partial charge on any atom is -0.331 e. The van der Waals surface area contributed by atoms with Crippen molar-refractivity contribution in [3.63, 3.8) is 0 Å².